The average Bonchev–Trinajstić information content (AvgIpc) is 2.46. The first-order valence-corrected chi connectivity index (χ1v) is 10.2. The van der Waals surface area contributed by atoms with Crippen LogP contribution in [0.3, 0.4) is 0 Å². The number of methoxy groups -OCH3 is 1. The van der Waals surface area contributed by atoms with Crippen LogP contribution in [-0.4, -0.2) is 39.9 Å². The number of ether oxygens (including phenoxy) is 1. The molecule has 3 atom stereocenters. The van der Waals surface area contributed by atoms with Crippen LogP contribution in [0, 0.1) is 3.57 Å². The number of nitrogens with zero attached hydrogens (tertiary/aromatic N) is 2. The second-order valence-corrected chi connectivity index (χ2v) is 9.10. The van der Waals surface area contributed by atoms with Crippen LogP contribution in [0.15, 0.2) is 0 Å². The molecular weight excluding hydrogens is 417 g/mol. The van der Waals surface area contributed by atoms with Gasteiger partial charge in [0.05, 0.1) is 21.1 Å². The van der Waals surface area contributed by atoms with E-state index < -0.39 is 0 Å². The molecule has 0 radical (unpaired) electrons. The van der Waals surface area contributed by atoms with Gasteiger partial charge in [-0.25, -0.2) is 9.97 Å². The van der Waals surface area contributed by atoms with Crippen molar-refractivity contribution < 1.29 is 4.74 Å². The summed E-state index contributed by atoms with van der Waals surface area (Å²) < 4.78 is 6.35. The van der Waals surface area contributed by atoms with Crippen LogP contribution in [0.25, 0.3) is 0 Å². The lowest BCUT2D eigenvalue weighted by molar-refractivity contribution is 0.180. The topological polar surface area (TPSA) is 47.0 Å². The van der Waals surface area contributed by atoms with Crippen molar-refractivity contribution in [2.24, 2.45) is 0 Å². The van der Waals surface area contributed by atoms with Gasteiger partial charge < -0.3 is 10.1 Å². The molecule has 0 aliphatic carbocycles. The van der Waals surface area contributed by atoms with Crippen molar-refractivity contribution in [1.29, 1.82) is 0 Å². The van der Waals surface area contributed by atoms with E-state index >= 15 is 0 Å². The lowest BCUT2D eigenvalue weighted by Gasteiger charge is -2.30. The zero-order valence-electron chi connectivity index (χ0n) is 12.9. The molecule has 0 amide bonds. The monoisotopic (exact) mass is 439 g/mol. The van der Waals surface area contributed by atoms with Crippen LogP contribution >= 0.6 is 46.1 Å². The normalized spacial score (nSPS) is 25.9. The third-order valence-electron chi connectivity index (χ3n) is 3.40. The molecule has 4 nitrogen and oxygen atoms in total. The van der Waals surface area contributed by atoms with Crippen LogP contribution in [0.4, 0.5) is 5.82 Å². The minimum absolute atomic E-state index is 0.367. The summed E-state index contributed by atoms with van der Waals surface area (Å²) in [5, 5.41) is 5.04. The molecule has 2 rings (SSSR count). The minimum atomic E-state index is 0.367. The smallest absolute Gasteiger partial charge is 0.144 e. The van der Waals surface area contributed by atoms with E-state index in [1.54, 1.807) is 7.11 Å². The molecule has 1 aromatic heterocycles. The molecule has 0 aromatic carbocycles. The standard InChI is InChI=1S/C14H22IN3OS2/c1-5-16-14-12(15)10(6-19-4)17-13(18-14)11-7-20-8(2)9(3)21-11/h8-9,11H,5-7H2,1-4H3,(H,16,17,18). The molecule has 1 aliphatic heterocycles. The Hall–Kier alpha value is 0.270. The van der Waals surface area contributed by atoms with E-state index in [1.165, 1.54) is 0 Å². The Bertz CT molecular complexity index is 462. The zero-order chi connectivity index (χ0) is 15.4. The predicted octanol–water partition coefficient (Wildman–Crippen LogP) is 3.96. The molecule has 0 spiro atoms. The fraction of sp³-hybridized carbons (Fsp3) is 0.714. The lowest BCUT2D eigenvalue weighted by Crippen LogP contribution is -2.23. The van der Waals surface area contributed by atoms with Crippen molar-refractivity contribution >= 4 is 51.9 Å². The van der Waals surface area contributed by atoms with Gasteiger partial charge >= 0.3 is 0 Å². The quantitative estimate of drug-likeness (QED) is 0.701. The van der Waals surface area contributed by atoms with Crippen LogP contribution in [0.5, 0.6) is 0 Å². The Morgan fingerprint density at radius 3 is 2.71 bits per heavy atom. The summed E-state index contributed by atoms with van der Waals surface area (Å²) in [5.41, 5.74) is 0.982. The van der Waals surface area contributed by atoms with E-state index in [1.807, 2.05) is 23.5 Å². The molecule has 2 heterocycles. The van der Waals surface area contributed by atoms with E-state index in [0.717, 1.165) is 33.2 Å². The first kappa shape index (κ1) is 17.6. The number of aromatic nitrogens is 2. The molecule has 1 saturated heterocycles. The number of thioether (sulfide) groups is 2. The van der Waals surface area contributed by atoms with Crippen LogP contribution in [0.2, 0.25) is 0 Å². The molecule has 21 heavy (non-hydrogen) atoms. The number of rotatable bonds is 5. The van der Waals surface area contributed by atoms with Crippen molar-refractivity contribution in [3.05, 3.63) is 15.1 Å². The minimum Gasteiger partial charge on any atom is -0.378 e. The van der Waals surface area contributed by atoms with Gasteiger partial charge in [-0.2, -0.15) is 11.8 Å². The van der Waals surface area contributed by atoms with Gasteiger partial charge in [0, 0.05) is 29.9 Å². The van der Waals surface area contributed by atoms with Gasteiger partial charge in [-0.3, -0.25) is 0 Å². The van der Waals surface area contributed by atoms with E-state index in [-0.39, 0.29) is 0 Å². The Balaban J connectivity index is 2.29. The maximum Gasteiger partial charge on any atom is 0.144 e. The third-order valence-corrected chi connectivity index (χ3v) is 7.92. The van der Waals surface area contributed by atoms with Crippen LogP contribution < -0.4 is 5.32 Å². The van der Waals surface area contributed by atoms with E-state index in [2.05, 4.69) is 48.7 Å². The molecule has 1 aromatic rings. The van der Waals surface area contributed by atoms with Gasteiger partial charge in [0.1, 0.15) is 11.6 Å². The van der Waals surface area contributed by atoms with Gasteiger partial charge in [0.15, 0.2) is 0 Å². The van der Waals surface area contributed by atoms with E-state index in [0.29, 0.717) is 22.4 Å². The van der Waals surface area contributed by atoms with Crippen LogP contribution in [-0.2, 0) is 11.3 Å². The molecule has 118 valence electrons. The van der Waals surface area contributed by atoms with Gasteiger partial charge in [-0.15, -0.1) is 11.8 Å². The summed E-state index contributed by atoms with van der Waals surface area (Å²) in [5.74, 6) is 2.95. The van der Waals surface area contributed by atoms with Crippen molar-refractivity contribution in [3.8, 4) is 0 Å². The highest BCUT2D eigenvalue weighted by atomic mass is 127. The molecular formula is C14H22IN3OS2. The molecule has 1 fully saturated rings. The van der Waals surface area contributed by atoms with Crippen molar-refractivity contribution in [3.63, 3.8) is 0 Å². The largest absolute Gasteiger partial charge is 0.378 e. The van der Waals surface area contributed by atoms with Crippen molar-refractivity contribution in [2.75, 3.05) is 24.7 Å². The second-order valence-electron chi connectivity index (χ2n) is 5.02. The first-order valence-electron chi connectivity index (χ1n) is 7.13. The van der Waals surface area contributed by atoms with E-state index in [4.69, 9.17) is 14.7 Å². The summed E-state index contributed by atoms with van der Waals surface area (Å²) in [7, 11) is 1.71. The van der Waals surface area contributed by atoms with Gasteiger partial charge in [-0.05, 0) is 29.5 Å². The Labute approximate surface area is 149 Å². The predicted molar refractivity (Wildman–Crippen MR) is 101 cm³/mol. The Morgan fingerprint density at radius 2 is 2.10 bits per heavy atom. The number of nitrogens with one attached hydrogen (secondary N) is 1. The first-order chi connectivity index (χ1) is 10.1. The highest BCUT2D eigenvalue weighted by Crippen LogP contribution is 2.43. The molecule has 0 saturated carbocycles. The molecule has 1 N–H and O–H groups in total. The van der Waals surface area contributed by atoms with Gasteiger partial charge in [0.25, 0.3) is 0 Å². The number of hydrogen-bond donors (Lipinski definition) is 1. The lowest BCUT2D eigenvalue weighted by atomic mass is 10.3. The molecule has 3 unspecified atom stereocenters. The fourth-order valence-electron chi connectivity index (χ4n) is 2.09. The van der Waals surface area contributed by atoms with Crippen molar-refractivity contribution in [1.82, 2.24) is 9.97 Å². The molecule has 7 heteroatoms. The Kier molecular flexibility index (Phi) is 6.89. The van der Waals surface area contributed by atoms with Crippen LogP contribution in [0.1, 0.15) is 37.5 Å². The summed E-state index contributed by atoms with van der Waals surface area (Å²) in [6.07, 6.45) is 0. The summed E-state index contributed by atoms with van der Waals surface area (Å²) >= 11 is 6.31. The summed E-state index contributed by atoms with van der Waals surface area (Å²) in [6.45, 7) is 8.07. The average molecular weight is 439 g/mol. The summed E-state index contributed by atoms with van der Waals surface area (Å²) in [4.78, 5) is 9.54. The van der Waals surface area contributed by atoms with E-state index in [9.17, 15) is 0 Å². The van der Waals surface area contributed by atoms with Gasteiger partial charge in [-0.1, -0.05) is 13.8 Å². The maximum absolute atomic E-state index is 5.29. The number of halogens is 1. The third kappa shape index (κ3) is 4.39. The maximum atomic E-state index is 5.29. The molecule has 0 bridgehead atoms. The summed E-state index contributed by atoms with van der Waals surface area (Å²) in [6, 6.07) is 0. The fourth-order valence-corrected chi connectivity index (χ4v) is 5.52. The Morgan fingerprint density at radius 1 is 1.33 bits per heavy atom. The number of anilines is 1. The second kappa shape index (κ2) is 8.21. The number of hydrogen-bond acceptors (Lipinski definition) is 6. The highest BCUT2D eigenvalue weighted by Gasteiger charge is 2.29. The van der Waals surface area contributed by atoms with Crippen molar-refractivity contribution in [2.45, 2.75) is 43.1 Å². The van der Waals surface area contributed by atoms with Gasteiger partial charge in [0.2, 0.25) is 0 Å². The highest BCUT2D eigenvalue weighted by molar-refractivity contribution is 14.1. The molecule has 1 aliphatic rings. The SMILES string of the molecule is CCNc1nc(C2CSC(C)C(C)S2)nc(COC)c1I. The zero-order valence-corrected chi connectivity index (χ0v) is 16.6.